The number of rotatable bonds is 5. The minimum atomic E-state index is -3.01. The third-order valence-corrected chi connectivity index (χ3v) is 5.47. The Hall–Kier alpha value is -2.48. The molecule has 0 saturated heterocycles. The molecular weight excluding hydrogens is 352 g/mol. The largest absolute Gasteiger partial charge is 0.396 e. The molecule has 138 valence electrons. The van der Waals surface area contributed by atoms with Crippen LogP contribution in [0.5, 0.6) is 0 Å². The summed E-state index contributed by atoms with van der Waals surface area (Å²) in [4.78, 5) is 14.0. The Morgan fingerprint density at radius 1 is 1.19 bits per heavy atom. The second-order valence-corrected chi connectivity index (χ2v) is 9.17. The molecule has 1 heterocycles. The molecule has 3 rings (SSSR count). The van der Waals surface area contributed by atoms with Crippen molar-refractivity contribution < 1.29 is 13.3 Å². The number of nitrogens with zero attached hydrogens (tertiary/aromatic N) is 3. The summed E-state index contributed by atoms with van der Waals surface area (Å²) in [6, 6.07) is 7.81. The lowest BCUT2D eigenvalue weighted by molar-refractivity contribution is 0.143. The van der Waals surface area contributed by atoms with Crippen LogP contribution in [-0.4, -0.2) is 42.7 Å². The van der Waals surface area contributed by atoms with Gasteiger partial charge in [-0.25, -0.2) is 18.4 Å². The predicted octanol–water partition coefficient (Wildman–Crippen LogP) is 2.17. The molecule has 0 amide bonds. The van der Waals surface area contributed by atoms with Gasteiger partial charge in [0.25, 0.3) is 0 Å². The molecule has 26 heavy (non-hydrogen) atoms. The number of anilines is 1. The first-order valence-electron chi connectivity index (χ1n) is 8.30. The molecule has 2 N–H and O–H groups in total. The topological polar surface area (TPSA) is 108 Å². The Morgan fingerprint density at radius 3 is 2.58 bits per heavy atom. The molecular formula is C18H22N4O3S. The molecule has 1 aliphatic rings. The van der Waals surface area contributed by atoms with E-state index in [9.17, 15) is 8.42 Å². The van der Waals surface area contributed by atoms with Crippen molar-refractivity contribution in [2.45, 2.75) is 25.7 Å². The van der Waals surface area contributed by atoms with E-state index in [1.807, 2.05) is 38.1 Å². The third kappa shape index (κ3) is 3.41. The van der Waals surface area contributed by atoms with E-state index in [2.05, 4.69) is 15.1 Å². The van der Waals surface area contributed by atoms with E-state index in [0.717, 1.165) is 28.1 Å². The van der Waals surface area contributed by atoms with Crippen LogP contribution in [0.4, 0.5) is 5.82 Å². The van der Waals surface area contributed by atoms with Gasteiger partial charge in [0.15, 0.2) is 0 Å². The van der Waals surface area contributed by atoms with Gasteiger partial charge in [-0.3, -0.25) is 0 Å². The summed E-state index contributed by atoms with van der Waals surface area (Å²) < 4.78 is 22.4. The lowest BCUT2D eigenvalue weighted by Gasteiger charge is -2.34. The predicted molar refractivity (Wildman–Crippen MR) is 102 cm³/mol. The standard InChI is InChI=1S/C18H22N4O3S/c1-18(2)14-15(20-11-21-17(14)19)12-7-4-5-8-13(12)16(18)22-25-9-6-10-26(3,23)24/h4-5,7-8,11H,6,9-10H2,1-3H3,(H2,19,20,21). The van der Waals surface area contributed by atoms with Crippen LogP contribution in [0.1, 0.15) is 31.4 Å². The highest BCUT2D eigenvalue weighted by Gasteiger charge is 2.40. The number of hydrogen-bond donors (Lipinski definition) is 1. The molecule has 0 bridgehead atoms. The molecule has 2 aromatic rings. The highest BCUT2D eigenvalue weighted by atomic mass is 32.2. The van der Waals surface area contributed by atoms with Crippen LogP contribution in [0.2, 0.25) is 0 Å². The summed E-state index contributed by atoms with van der Waals surface area (Å²) in [5, 5.41) is 4.35. The number of fused-ring (bicyclic) bond motifs is 3. The molecule has 0 atom stereocenters. The van der Waals surface area contributed by atoms with Crippen molar-refractivity contribution in [3.8, 4) is 11.3 Å². The quantitative estimate of drug-likeness (QED) is 0.635. The number of oxime groups is 1. The van der Waals surface area contributed by atoms with Gasteiger partial charge in [0.1, 0.15) is 28.6 Å². The number of nitrogens with two attached hydrogens (primary N) is 1. The summed E-state index contributed by atoms with van der Waals surface area (Å²) in [6.45, 7) is 4.23. The zero-order valence-electron chi connectivity index (χ0n) is 15.1. The van der Waals surface area contributed by atoms with E-state index in [-0.39, 0.29) is 12.4 Å². The summed E-state index contributed by atoms with van der Waals surface area (Å²) in [6.07, 6.45) is 3.06. The van der Waals surface area contributed by atoms with Crippen molar-refractivity contribution >= 4 is 21.4 Å². The number of hydrogen-bond acceptors (Lipinski definition) is 7. The molecule has 0 fully saturated rings. The molecule has 0 aliphatic heterocycles. The number of aromatic nitrogens is 2. The summed E-state index contributed by atoms with van der Waals surface area (Å²) in [5.74, 6) is 0.487. The molecule has 1 aromatic carbocycles. The van der Waals surface area contributed by atoms with Crippen LogP contribution in [0, 0.1) is 0 Å². The van der Waals surface area contributed by atoms with Crippen molar-refractivity contribution in [1.82, 2.24) is 9.97 Å². The molecule has 1 aromatic heterocycles. The Kier molecular flexibility index (Phi) is 4.70. The Bertz CT molecular complexity index is 968. The fourth-order valence-corrected chi connectivity index (χ4v) is 3.87. The Labute approximate surface area is 153 Å². The summed E-state index contributed by atoms with van der Waals surface area (Å²) in [7, 11) is -3.01. The van der Waals surface area contributed by atoms with Crippen LogP contribution in [-0.2, 0) is 20.1 Å². The van der Waals surface area contributed by atoms with Gasteiger partial charge >= 0.3 is 0 Å². The number of nitrogen functional groups attached to an aromatic ring is 1. The van der Waals surface area contributed by atoms with Gasteiger partial charge in [0.2, 0.25) is 0 Å². The maximum absolute atomic E-state index is 11.2. The van der Waals surface area contributed by atoms with Gasteiger partial charge < -0.3 is 10.6 Å². The lowest BCUT2D eigenvalue weighted by atomic mass is 9.70. The van der Waals surface area contributed by atoms with Gasteiger partial charge in [-0.15, -0.1) is 0 Å². The van der Waals surface area contributed by atoms with Gasteiger partial charge in [0.05, 0.1) is 17.2 Å². The monoisotopic (exact) mass is 374 g/mol. The maximum Gasteiger partial charge on any atom is 0.147 e. The molecule has 0 spiro atoms. The van der Waals surface area contributed by atoms with Gasteiger partial charge in [0, 0.05) is 28.4 Å². The van der Waals surface area contributed by atoms with E-state index in [1.54, 1.807) is 0 Å². The summed E-state index contributed by atoms with van der Waals surface area (Å²) in [5.41, 5.74) is 9.79. The van der Waals surface area contributed by atoms with Crippen molar-refractivity contribution in [2.75, 3.05) is 24.3 Å². The SMILES string of the molecule is CC1(C)C(=NOCCCS(C)(=O)=O)c2ccccc2-c2ncnc(N)c21. The molecule has 8 heteroatoms. The molecule has 0 saturated carbocycles. The fourth-order valence-electron chi connectivity index (χ4n) is 3.23. The fraction of sp³-hybridized carbons (Fsp3) is 0.389. The van der Waals surface area contributed by atoms with E-state index in [1.165, 1.54) is 12.6 Å². The molecule has 0 unspecified atom stereocenters. The van der Waals surface area contributed by atoms with Crippen molar-refractivity contribution in [3.05, 3.63) is 41.7 Å². The van der Waals surface area contributed by atoms with Crippen molar-refractivity contribution in [1.29, 1.82) is 0 Å². The molecule has 7 nitrogen and oxygen atoms in total. The third-order valence-electron chi connectivity index (χ3n) is 4.44. The Balaban J connectivity index is 1.98. The second kappa shape index (κ2) is 6.68. The first kappa shape index (κ1) is 18.3. The van der Waals surface area contributed by atoms with Gasteiger partial charge in [-0.05, 0) is 20.3 Å². The smallest absolute Gasteiger partial charge is 0.147 e. The van der Waals surface area contributed by atoms with E-state index < -0.39 is 15.3 Å². The van der Waals surface area contributed by atoms with E-state index in [4.69, 9.17) is 10.6 Å². The zero-order valence-corrected chi connectivity index (χ0v) is 15.9. The van der Waals surface area contributed by atoms with Gasteiger partial charge in [-0.1, -0.05) is 29.4 Å². The van der Waals surface area contributed by atoms with Crippen molar-refractivity contribution in [3.63, 3.8) is 0 Å². The number of benzene rings is 1. The van der Waals surface area contributed by atoms with Crippen LogP contribution < -0.4 is 5.73 Å². The highest BCUT2D eigenvalue weighted by Crippen LogP contribution is 2.44. The van der Waals surface area contributed by atoms with Crippen LogP contribution >= 0.6 is 0 Å². The van der Waals surface area contributed by atoms with Crippen LogP contribution in [0.25, 0.3) is 11.3 Å². The van der Waals surface area contributed by atoms with E-state index >= 15 is 0 Å². The normalized spacial score (nSPS) is 16.8. The van der Waals surface area contributed by atoms with Crippen LogP contribution in [0.15, 0.2) is 35.7 Å². The minimum absolute atomic E-state index is 0.0709. The minimum Gasteiger partial charge on any atom is -0.396 e. The highest BCUT2D eigenvalue weighted by molar-refractivity contribution is 7.90. The van der Waals surface area contributed by atoms with Gasteiger partial charge in [-0.2, -0.15) is 0 Å². The first-order chi connectivity index (χ1) is 12.2. The molecule has 1 aliphatic carbocycles. The Morgan fingerprint density at radius 2 is 1.88 bits per heavy atom. The van der Waals surface area contributed by atoms with Crippen molar-refractivity contribution in [2.24, 2.45) is 5.16 Å². The summed E-state index contributed by atoms with van der Waals surface area (Å²) >= 11 is 0. The first-order valence-corrected chi connectivity index (χ1v) is 10.4. The second-order valence-electron chi connectivity index (χ2n) is 6.91. The van der Waals surface area contributed by atoms with E-state index in [0.29, 0.717) is 12.2 Å². The van der Waals surface area contributed by atoms with Crippen LogP contribution in [0.3, 0.4) is 0 Å². The average Bonchev–Trinajstić information content (AvgIpc) is 2.56. The lowest BCUT2D eigenvalue weighted by Crippen LogP contribution is -2.36. The zero-order chi connectivity index (χ0) is 18.9. The molecule has 0 radical (unpaired) electrons. The average molecular weight is 374 g/mol. The maximum atomic E-state index is 11.2. The number of sulfone groups is 1.